The van der Waals surface area contributed by atoms with Crippen molar-refractivity contribution in [3.63, 3.8) is 0 Å². The quantitative estimate of drug-likeness (QED) is 0.368. The van der Waals surface area contributed by atoms with E-state index in [1.54, 1.807) is 65.9 Å². The number of halogens is 1. The summed E-state index contributed by atoms with van der Waals surface area (Å²) in [6, 6.07) is 7.19. The predicted molar refractivity (Wildman–Crippen MR) is 151 cm³/mol. The van der Waals surface area contributed by atoms with Gasteiger partial charge in [-0.25, -0.2) is 19.2 Å². The maximum atomic E-state index is 15.7. The monoisotopic (exact) mass is 527 g/mol. The number of aryl methyl sites for hydroxylation is 4. The lowest BCUT2D eigenvalue weighted by molar-refractivity contribution is 0.632. The van der Waals surface area contributed by atoms with Gasteiger partial charge in [0.2, 0.25) is 0 Å². The zero-order chi connectivity index (χ0) is 27.8. The Bertz CT molecular complexity index is 1960. The van der Waals surface area contributed by atoms with Crippen molar-refractivity contribution in [1.29, 1.82) is 0 Å². The summed E-state index contributed by atoms with van der Waals surface area (Å²) in [5.74, 6) is 0.226. The van der Waals surface area contributed by atoms with Crippen molar-refractivity contribution in [3.8, 4) is 28.3 Å². The molecule has 4 aromatic heterocycles. The lowest BCUT2D eigenvalue weighted by Crippen LogP contribution is -2.26. The molecule has 0 spiro atoms. The van der Waals surface area contributed by atoms with Gasteiger partial charge in [-0.05, 0) is 39.0 Å². The van der Waals surface area contributed by atoms with Crippen molar-refractivity contribution in [2.75, 3.05) is 5.32 Å². The van der Waals surface area contributed by atoms with Crippen LogP contribution >= 0.6 is 0 Å². The number of nitrogens with one attached hydrogen (secondary N) is 1. The van der Waals surface area contributed by atoms with E-state index in [2.05, 4.69) is 36.2 Å². The molecule has 0 aliphatic rings. The van der Waals surface area contributed by atoms with Gasteiger partial charge in [0.05, 0.1) is 52.2 Å². The first-order chi connectivity index (χ1) is 18.4. The van der Waals surface area contributed by atoms with E-state index < -0.39 is 0 Å². The van der Waals surface area contributed by atoms with Gasteiger partial charge < -0.3 is 9.88 Å². The summed E-state index contributed by atoms with van der Waals surface area (Å²) in [5.41, 5.74) is 5.74. The van der Waals surface area contributed by atoms with Gasteiger partial charge in [-0.1, -0.05) is 0 Å². The molecule has 0 aliphatic heterocycles. The molecule has 6 aromatic rings. The molecule has 200 valence electrons. The number of fused-ring (bicyclic) bond motifs is 2. The third-order valence-electron chi connectivity index (χ3n) is 6.92. The standard InChI is InChI=1S/C28H30FN9O/c1-28(2,3)33-21-8-17(9-23-25(21)37(7)27(39)36(23)6)38-22-11-19(29)18(16-12-31-35(5)14-16)10-20(22)32-26(38)24-13-30-15-34(24)4/h8-15,33H,1-7H3. The maximum absolute atomic E-state index is 15.7. The van der Waals surface area contributed by atoms with Crippen LogP contribution in [0.3, 0.4) is 0 Å². The van der Waals surface area contributed by atoms with Gasteiger partial charge in [-0.3, -0.25) is 18.4 Å². The number of imidazole rings is 3. The van der Waals surface area contributed by atoms with Crippen LogP contribution in [-0.4, -0.2) is 43.6 Å². The summed E-state index contributed by atoms with van der Waals surface area (Å²) < 4.78 is 24.4. The highest BCUT2D eigenvalue weighted by Gasteiger charge is 2.23. The van der Waals surface area contributed by atoms with E-state index in [1.807, 2.05) is 28.3 Å². The SMILES string of the molecule is Cn1cc(-c2cc3nc(-c4cncn4C)n(-c4cc(NC(C)(C)C)c5c(c4)n(C)c(=O)n5C)c3cc2F)cn1. The van der Waals surface area contributed by atoms with Crippen LogP contribution in [0.5, 0.6) is 0 Å². The van der Waals surface area contributed by atoms with Crippen molar-refractivity contribution >= 4 is 27.8 Å². The fourth-order valence-electron chi connectivity index (χ4n) is 5.15. The van der Waals surface area contributed by atoms with Crippen molar-refractivity contribution in [3.05, 3.63) is 65.5 Å². The molecule has 2 aromatic carbocycles. The molecular formula is C28H30FN9O. The van der Waals surface area contributed by atoms with Gasteiger partial charge in [-0.2, -0.15) is 5.10 Å². The van der Waals surface area contributed by atoms with Crippen LogP contribution in [0.2, 0.25) is 0 Å². The minimum Gasteiger partial charge on any atom is -0.379 e. The summed E-state index contributed by atoms with van der Waals surface area (Å²) >= 11 is 0. The zero-order valence-electron chi connectivity index (χ0n) is 23.0. The van der Waals surface area contributed by atoms with Gasteiger partial charge in [0.1, 0.15) is 11.5 Å². The molecule has 0 atom stereocenters. The average Bonchev–Trinajstić information content (AvgIpc) is 3.61. The van der Waals surface area contributed by atoms with Crippen LogP contribution < -0.4 is 11.0 Å². The van der Waals surface area contributed by atoms with Crippen LogP contribution in [0.15, 0.2) is 54.0 Å². The first-order valence-corrected chi connectivity index (χ1v) is 12.6. The molecule has 0 fully saturated rings. The smallest absolute Gasteiger partial charge is 0.328 e. The van der Waals surface area contributed by atoms with Crippen molar-refractivity contribution in [1.82, 2.24) is 38.0 Å². The Morgan fingerprint density at radius 2 is 1.72 bits per heavy atom. The van der Waals surface area contributed by atoms with Gasteiger partial charge in [0.25, 0.3) is 0 Å². The highest BCUT2D eigenvalue weighted by Crippen LogP contribution is 2.36. The number of benzene rings is 2. The second kappa shape index (κ2) is 8.42. The first kappa shape index (κ1) is 24.7. The highest BCUT2D eigenvalue weighted by molar-refractivity contribution is 5.94. The molecule has 0 amide bonds. The van der Waals surface area contributed by atoms with E-state index in [0.717, 1.165) is 28.1 Å². The molecule has 0 radical (unpaired) electrons. The fraction of sp³-hybridized carbons (Fsp3) is 0.286. The lowest BCUT2D eigenvalue weighted by atomic mass is 10.1. The highest BCUT2D eigenvalue weighted by atomic mass is 19.1. The topological polar surface area (TPSA) is 92.4 Å². The molecule has 0 aliphatic carbocycles. The van der Waals surface area contributed by atoms with Crippen LogP contribution in [0.25, 0.3) is 50.4 Å². The van der Waals surface area contributed by atoms with Gasteiger partial charge in [0.15, 0.2) is 5.82 Å². The number of rotatable bonds is 4. The predicted octanol–water partition coefficient (Wildman–Crippen LogP) is 4.37. The van der Waals surface area contributed by atoms with Crippen LogP contribution in [0.1, 0.15) is 20.8 Å². The molecule has 0 saturated heterocycles. The summed E-state index contributed by atoms with van der Waals surface area (Å²) in [4.78, 5) is 22.2. The number of nitrogens with zero attached hydrogens (tertiary/aromatic N) is 8. The first-order valence-electron chi connectivity index (χ1n) is 12.6. The van der Waals surface area contributed by atoms with Gasteiger partial charge in [0, 0.05) is 57.1 Å². The molecule has 0 saturated carbocycles. The molecule has 1 N–H and O–H groups in total. The molecule has 10 nitrogen and oxygen atoms in total. The Balaban J connectivity index is 1.70. The minimum absolute atomic E-state index is 0.131. The van der Waals surface area contributed by atoms with Crippen LogP contribution in [-0.2, 0) is 28.2 Å². The average molecular weight is 528 g/mol. The minimum atomic E-state index is -0.380. The summed E-state index contributed by atoms with van der Waals surface area (Å²) in [5, 5.41) is 7.76. The fourth-order valence-corrected chi connectivity index (χ4v) is 5.15. The Kier molecular flexibility index (Phi) is 5.32. The largest absolute Gasteiger partial charge is 0.379 e. The summed E-state index contributed by atoms with van der Waals surface area (Å²) in [7, 11) is 7.21. The second-order valence-electron chi connectivity index (χ2n) is 11.0. The third-order valence-corrected chi connectivity index (χ3v) is 6.92. The maximum Gasteiger partial charge on any atom is 0.328 e. The number of anilines is 1. The van der Waals surface area contributed by atoms with E-state index in [9.17, 15) is 4.79 Å². The lowest BCUT2D eigenvalue weighted by Gasteiger charge is -2.24. The summed E-state index contributed by atoms with van der Waals surface area (Å²) in [6.45, 7) is 6.20. The molecule has 4 heterocycles. The van der Waals surface area contributed by atoms with Crippen LogP contribution in [0.4, 0.5) is 10.1 Å². The Labute approximate surface area is 223 Å². The van der Waals surface area contributed by atoms with E-state index >= 15 is 4.39 Å². The molecular weight excluding hydrogens is 497 g/mol. The molecule has 6 rings (SSSR count). The van der Waals surface area contributed by atoms with Crippen LogP contribution in [0, 0.1) is 5.82 Å². The van der Waals surface area contributed by atoms with Crippen molar-refractivity contribution in [2.45, 2.75) is 26.3 Å². The van der Waals surface area contributed by atoms with Crippen molar-refractivity contribution in [2.24, 2.45) is 28.2 Å². The normalized spacial score (nSPS) is 12.2. The van der Waals surface area contributed by atoms with Crippen molar-refractivity contribution < 1.29 is 4.39 Å². The Morgan fingerprint density at radius 1 is 0.949 bits per heavy atom. The number of hydrogen-bond donors (Lipinski definition) is 1. The summed E-state index contributed by atoms with van der Waals surface area (Å²) in [6.07, 6.45) is 6.85. The van der Waals surface area contributed by atoms with E-state index in [1.165, 1.54) is 6.07 Å². The van der Waals surface area contributed by atoms with E-state index in [-0.39, 0.29) is 17.0 Å². The number of aromatic nitrogens is 8. The Hall–Kier alpha value is -4.67. The van der Waals surface area contributed by atoms with Gasteiger partial charge >= 0.3 is 5.69 Å². The zero-order valence-corrected chi connectivity index (χ0v) is 23.0. The number of hydrogen-bond acceptors (Lipinski definition) is 5. The van der Waals surface area contributed by atoms with E-state index in [4.69, 9.17) is 4.98 Å². The Morgan fingerprint density at radius 3 is 2.36 bits per heavy atom. The third kappa shape index (κ3) is 3.92. The molecule has 11 heteroatoms. The molecule has 0 bridgehead atoms. The van der Waals surface area contributed by atoms with E-state index in [0.29, 0.717) is 28.0 Å². The van der Waals surface area contributed by atoms with Gasteiger partial charge in [-0.15, -0.1) is 0 Å². The molecule has 39 heavy (non-hydrogen) atoms. The second-order valence-corrected chi connectivity index (χ2v) is 11.0. The molecule has 0 unspecified atom stereocenters.